The molecular formula is C18H15ClFNO4. The maximum absolute atomic E-state index is 13.5. The number of para-hydroxylation sites is 1. The van der Waals surface area contributed by atoms with Gasteiger partial charge in [0.1, 0.15) is 18.2 Å². The van der Waals surface area contributed by atoms with Gasteiger partial charge in [-0.3, -0.25) is 9.59 Å². The van der Waals surface area contributed by atoms with Crippen LogP contribution in [0.15, 0.2) is 42.5 Å². The zero-order valence-corrected chi connectivity index (χ0v) is 13.9. The number of nitrogens with one attached hydrogen (secondary N) is 1. The minimum absolute atomic E-state index is 0.0353. The number of hydrogen-bond donors (Lipinski definition) is 1. The Hall–Kier alpha value is -2.60. The maximum atomic E-state index is 13.5. The fourth-order valence-corrected chi connectivity index (χ4v) is 2.71. The summed E-state index contributed by atoms with van der Waals surface area (Å²) in [6.45, 7) is -0.325. The second-order valence-corrected chi connectivity index (χ2v) is 6.04. The molecule has 7 heteroatoms. The number of rotatable bonds is 4. The van der Waals surface area contributed by atoms with E-state index in [0.29, 0.717) is 17.2 Å². The Kier molecular flexibility index (Phi) is 5.19. The molecule has 1 aliphatic heterocycles. The molecule has 1 aliphatic rings. The second kappa shape index (κ2) is 7.53. The first kappa shape index (κ1) is 17.2. The van der Waals surface area contributed by atoms with Crippen LogP contribution in [0.25, 0.3) is 0 Å². The second-order valence-electron chi connectivity index (χ2n) is 5.60. The average Bonchev–Trinajstić information content (AvgIpc) is 2.61. The molecular weight excluding hydrogens is 349 g/mol. The molecule has 2 aromatic rings. The van der Waals surface area contributed by atoms with Crippen molar-refractivity contribution in [3.8, 4) is 5.75 Å². The van der Waals surface area contributed by atoms with Crippen LogP contribution in [-0.2, 0) is 20.7 Å². The smallest absolute Gasteiger partial charge is 0.313 e. The molecule has 5 nitrogen and oxygen atoms in total. The van der Waals surface area contributed by atoms with Gasteiger partial charge in [0.25, 0.3) is 5.91 Å². The lowest BCUT2D eigenvalue weighted by atomic mass is 9.97. The van der Waals surface area contributed by atoms with E-state index in [0.717, 1.165) is 5.56 Å². The van der Waals surface area contributed by atoms with Crippen molar-refractivity contribution in [2.45, 2.75) is 6.42 Å². The van der Waals surface area contributed by atoms with E-state index in [4.69, 9.17) is 21.1 Å². The van der Waals surface area contributed by atoms with E-state index in [1.165, 1.54) is 18.2 Å². The first-order chi connectivity index (χ1) is 12.0. The molecule has 0 saturated heterocycles. The van der Waals surface area contributed by atoms with Gasteiger partial charge in [0.2, 0.25) is 0 Å². The predicted molar refractivity (Wildman–Crippen MR) is 90.1 cm³/mol. The zero-order valence-electron chi connectivity index (χ0n) is 13.1. The van der Waals surface area contributed by atoms with E-state index in [1.54, 1.807) is 24.3 Å². The maximum Gasteiger partial charge on any atom is 0.313 e. The molecule has 0 bridgehead atoms. The first-order valence-electron chi connectivity index (χ1n) is 7.65. The van der Waals surface area contributed by atoms with Crippen LogP contribution in [0.1, 0.15) is 5.56 Å². The summed E-state index contributed by atoms with van der Waals surface area (Å²) in [6.07, 6.45) is 0.420. The van der Waals surface area contributed by atoms with E-state index in [-0.39, 0.29) is 12.3 Å². The van der Waals surface area contributed by atoms with Crippen molar-refractivity contribution in [1.82, 2.24) is 0 Å². The van der Waals surface area contributed by atoms with Crippen LogP contribution in [-0.4, -0.2) is 25.1 Å². The predicted octanol–water partition coefficient (Wildman–Crippen LogP) is 3.21. The van der Waals surface area contributed by atoms with Gasteiger partial charge in [-0.1, -0.05) is 23.7 Å². The molecule has 2 aromatic carbocycles. The lowest BCUT2D eigenvalue weighted by Gasteiger charge is -2.24. The summed E-state index contributed by atoms with van der Waals surface area (Å²) in [6, 6.07) is 11.0. The van der Waals surface area contributed by atoms with E-state index >= 15 is 0 Å². The number of ether oxygens (including phenoxy) is 2. The van der Waals surface area contributed by atoms with Crippen molar-refractivity contribution >= 4 is 29.2 Å². The van der Waals surface area contributed by atoms with Crippen LogP contribution in [0.5, 0.6) is 5.75 Å². The highest BCUT2D eigenvalue weighted by molar-refractivity contribution is 6.30. The summed E-state index contributed by atoms with van der Waals surface area (Å²) in [5.41, 5.74) is 0.852. The third-order valence-corrected chi connectivity index (χ3v) is 3.99. The lowest BCUT2D eigenvalue weighted by molar-refractivity contribution is -0.152. The van der Waals surface area contributed by atoms with Gasteiger partial charge < -0.3 is 14.8 Å². The quantitative estimate of drug-likeness (QED) is 0.847. The summed E-state index contributed by atoms with van der Waals surface area (Å²) in [4.78, 5) is 23.9. The summed E-state index contributed by atoms with van der Waals surface area (Å²) < 4.78 is 24.0. The summed E-state index contributed by atoms with van der Waals surface area (Å²) in [5.74, 6) is -1.55. The van der Waals surface area contributed by atoms with Crippen molar-refractivity contribution in [2.24, 2.45) is 5.92 Å². The number of benzene rings is 2. The van der Waals surface area contributed by atoms with Crippen molar-refractivity contribution in [2.75, 3.05) is 18.5 Å². The molecule has 0 aliphatic carbocycles. The normalized spacial score (nSPS) is 15.7. The van der Waals surface area contributed by atoms with Crippen molar-refractivity contribution < 1.29 is 23.5 Å². The van der Waals surface area contributed by atoms with Gasteiger partial charge in [0.05, 0.1) is 11.6 Å². The number of esters is 1. The largest absolute Gasteiger partial charge is 0.492 e. The van der Waals surface area contributed by atoms with Gasteiger partial charge in [-0.05, 0) is 42.3 Å². The number of carbonyl (C=O) groups is 2. The molecule has 0 saturated carbocycles. The molecule has 0 aromatic heterocycles. The Morgan fingerprint density at radius 1 is 1.28 bits per heavy atom. The summed E-state index contributed by atoms with van der Waals surface area (Å²) in [7, 11) is 0. The van der Waals surface area contributed by atoms with Crippen LogP contribution in [0.4, 0.5) is 10.1 Å². The van der Waals surface area contributed by atoms with Gasteiger partial charge in [0, 0.05) is 5.02 Å². The Balaban J connectivity index is 1.53. The van der Waals surface area contributed by atoms with Crippen LogP contribution in [0, 0.1) is 11.7 Å². The molecule has 1 amide bonds. The third-order valence-electron chi connectivity index (χ3n) is 3.76. The van der Waals surface area contributed by atoms with Gasteiger partial charge in [-0.25, -0.2) is 4.39 Å². The number of fused-ring (bicyclic) bond motifs is 1. The minimum atomic E-state index is -0.612. The summed E-state index contributed by atoms with van der Waals surface area (Å²) >= 11 is 5.94. The number of anilines is 1. The van der Waals surface area contributed by atoms with Gasteiger partial charge in [-0.15, -0.1) is 0 Å². The first-order valence-corrected chi connectivity index (χ1v) is 8.03. The van der Waals surface area contributed by atoms with E-state index in [9.17, 15) is 14.0 Å². The Labute approximate surface area is 148 Å². The fourth-order valence-electron chi connectivity index (χ4n) is 2.52. The van der Waals surface area contributed by atoms with Gasteiger partial charge in [0.15, 0.2) is 6.61 Å². The monoisotopic (exact) mass is 363 g/mol. The molecule has 1 N–H and O–H groups in total. The molecule has 130 valence electrons. The van der Waals surface area contributed by atoms with Crippen molar-refractivity contribution in [3.05, 3.63) is 58.9 Å². The average molecular weight is 364 g/mol. The van der Waals surface area contributed by atoms with Crippen LogP contribution in [0.3, 0.4) is 0 Å². The fraction of sp³-hybridized carbons (Fsp3) is 0.222. The molecule has 0 spiro atoms. The van der Waals surface area contributed by atoms with Gasteiger partial charge >= 0.3 is 5.97 Å². The zero-order chi connectivity index (χ0) is 17.8. The lowest BCUT2D eigenvalue weighted by Crippen LogP contribution is -2.32. The van der Waals surface area contributed by atoms with E-state index in [2.05, 4.69) is 5.32 Å². The Morgan fingerprint density at radius 2 is 2.08 bits per heavy atom. The molecule has 25 heavy (non-hydrogen) atoms. The highest BCUT2D eigenvalue weighted by Gasteiger charge is 2.28. The minimum Gasteiger partial charge on any atom is -0.492 e. The Bertz CT molecular complexity index is 811. The topological polar surface area (TPSA) is 64.6 Å². The molecule has 1 heterocycles. The molecule has 3 rings (SSSR count). The van der Waals surface area contributed by atoms with Crippen molar-refractivity contribution in [1.29, 1.82) is 0 Å². The molecule has 0 fully saturated rings. The number of carbonyl (C=O) groups excluding carboxylic acids is 2. The summed E-state index contributed by atoms with van der Waals surface area (Å²) in [5, 5.41) is 2.91. The highest BCUT2D eigenvalue weighted by atomic mass is 35.5. The highest BCUT2D eigenvalue weighted by Crippen LogP contribution is 2.30. The molecule has 1 atom stereocenters. The third kappa shape index (κ3) is 4.28. The molecule has 0 radical (unpaired) electrons. The van der Waals surface area contributed by atoms with Crippen molar-refractivity contribution in [3.63, 3.8) is 0 Å². The Morgan fingerprint density at radius 3 is 2.88 bits per heavy atom. The van der Waals surface area contributed by atoms with Crippen LogP contribution in [0.2, 0.25) is 5.02 Å². The van der Waals surface area contributed by atoms with Crippen LogP contribution >= 0.6 is 11.6 Å². The number of halogens is 2. The van der Waals surface area contributed by atoms with E-state index < -0.39 is 30.2 Å². The van der Waals surface area contributed by atoms with E-state index in [1.807, 2.05) is 0 Å². The number of amides is 1. The standard InChI is InChI=1S/C18H15ClFNO4/c19-13-5-6-16-11(8-13)7-12(9-24-16)18(23)25-10-17(22)21-15-4-2-1-3-14(15)20/h1-6,8,12H,7,9-10H2,(H,21,22)/t12-/m0/s1. The van der Waals surface area contributed by atoms with Gasteiger partial charge in [-0.2, -0.15) is 0 Å². The number of hydrogen-bond acceptors (Lipinski definition) is 4. The molecule has 0 unspecified atom stereocenters. The van der Waals surface area contributed by atoms with Crippen LogP contribution < -0.4 is 10.1 Å². The SMILES string of the molecule is O=C(COC(=O)[C@@H]1COc2ccc(Cl)cc2C1)Nc1ccccc1F.